The summed E-state index contributed by atoms with van der Waals surface area (Å²) in [5.41, 5.74) is 4.30. The van der Waals surface area contributed by atoms with Crippen molar-refractivity contribution >= 4 is 23.0 Å². The lowest BCUT2D eigenvalue weighted by Gasteiger charge is -2.12. The van der Waals surface area contributed by atoms with Crippen LogP contribution in [0.15, 0.2) is 67.0 Å². The Bertz CT molecular complexity index is 1140. The van der Waals surface area contributed by atoms with Crippen LogP contribution in [-0.2, 0) is 0 Å². The summed E-state index contributed by atoms with van der Waals surface area (Å²) < 4.78 is 1.52. The molecule has 0 saturated heterocycles. The van der Waals surface area contributed by atoms with Crippen LogP contribution in [0.5, 0.6) is 0 Å². The fraction of sp³-hybridized carbons (Fsp3) is 0.0476. The van der Waals surface area contributed by atoms with Crippen molar-refractivity contribution in [2.45, 2.75) is 6.92 Å². The molecular formula is C21H15ClN6. The first-order valence-electron chi connectivity index (χ1n) is 8.56. The van der Waals surface area contributed by atoms with Crippen molar-refractivity contribution in [2.24, 2.45) is 0 Å². The van der Waals surface area contributed by atoms with Gasteiger partial charge in [-0.3, -0.25) is 4.98 Å². The van der Waals surface area contributed by atoms with Gasteiger partial charge in [0.2, 0.25) is 5.82 Å². The molecule has 0 radical (unpaired) electrons. The predicted molar refractivity (Wildman–Crippen MR) is 109 cm³/mol. The van der Waals surface area contributed by atoms with Crippen molar-refractivity contribution in [3.63, 3.8) is 0 Å². The first-order valence-corrected chi connectivity index (χ1v) is 8.93. The molecule has 2 heterocycles. The van der Waals surface area contributed by atoms with E-state index >= 15 is 0 Å². The van der Waals surface area contributed by atoms with E-state index in [0.29, 0.717) is 10.8 Å². The van der Waals surface area contributed by atoms with Gasteiger partial charge in [0.25, 0.3) is 0 Å². The maximum absolute atomic E-state index is 9.43. The SMILES string of the molecule is Cc1cccc(Cl)c1Nc1ccc(-n2nc(-c3cccnc3)nc2C#N)cc1. The molecule has 1 N–H and O–H groups in total. The van der Waals surface area contributed by atoms with Gasteiger partial charge in [-0.25, -0.2) is 4.68 Å². The third-order valence-electron chi connectivity index (χ3n) is 4.23. The van der Waals surface area contributed by atoms with E-state index in [1.165, 1.54) is 4.68 Å². The monoisotopic (exact) mass is 386 g/mol. The van der Waals surface area contributed by atoms with Crippen molar-refractivity contribution < 1.29 is 0 Å². The number of rotatable bonds is 4. The molecule has 0 bridgehead atoms. The van der Waals surface area contributed by atoms with E-state index < -0.39 is 0 Å². The minimum Gasteiger partial charge on any atom is -0.354 e. The molecule has 28 heavy (non-hydrogen) atoms. The standard InChI is InChI=1S/C21H15ClN6/c1-14-4-2-6-18(22)20(14)25-16-7-9-17(10-8-16)28-19(12-23)26-21(27-28)15-5-3-11-24-13-15/h2-11,13,25H,1H3. The number of halogens is 1. The number of nitriles is 1. The van der Waals surface area contributed by atoms with Gasteiger partial charge in [-0.1, -0.05) is 23.7 Å². The number of pyridine rings is 1. The Morgan fingerprint density at radius 2 is 1.89 bits per heavy atom. The smallest absolute Gasteiger partial charge is 0.236 e. The number of hydrogen-bond donors (Lipinski definition) is 1. The summed E-state index contributed by atoms with van der Waals surface area (Å²) >= 11 is 6.28. The van der Waals surface area contributed by atoms with E-state index in [0.717, 1.165) is 28.2 Å². The third kappa shape index (κ3) is 3.43. The van der Waals surface area contributed by atoms with E-state index in [2.05, 4.69) is 26.5 Å². The number of hydrogen-bond acceptors (Lipinski definition) is 5. The van der Waals surface area contributed by atoms with E-state index in [9.17, 15) is 5.26 Å². The Morgan fingerprint density at radius 1 is 1.07 bits per heavy atom. The molecule has 0 fully saturated rings. The van der Waals surface area contributed by atoms with Crippen LogP contribution in [0, 0.1) is 18.3 Å². The second-order valence-electron chi connectivity index (χ2n) is 6.13. The molecule has 7 heteroatoms. The van der Waals surface area contributed by atoms with Gasteiger partial charge in [0.05, 0.1) is 16.4 Å². The van der Waals surface area contributed by atoms with Gasteiger partial charge in [0.1, 0.15) is 6.07 Å². The van der Waals surface area contributed by atoms with Gasteiger partial charge in [0.15, 0.2) is 5.82 Å². The van der Waals surface area contributed by atoms with Gasteiger partial charge in [-0.15, -0.1) is 5.10 Å². The van der Waals surface area contributed by atoms with Crippen LogP contribution in [-0.4, -0.2) is 19.7 Å². The number of aryl methyl sites for hydroxylation is 1. The predicted octanol–water partition coefficient (Wildman–Crippen LogP) is 4.91. The summed E-state index contributed by atoms with van der Waals surface area (Å²) in [6, 6.07) is 19.1. The van der Waals surface area contributed by atoms with E-state index in [1.807, 2.05) is 55.5 Å². The second kappa shape index (κ2) is 7.51. The number of nitrogens with one attached hydrogen (secondary N) is 1. The van der Waals surface area contributed by atoms with Crippen LogP contribution in [0.25, 0.3) is 17.1 Å². The number of nitrogens with zero attached hydrogens (tertiary/aromatic N) is 5. The highest BCUT2D eigenvalue weighted by atomic mass is 35.5. The molecule has 0 unspecified atom stereocenters. The first-order chi connectivity index (χ1) is 13.7. The highest BCUT2D eigenvalue weighted by molar-refractivity contribution is 6.33. The Kier molecular flexibility index (Phi) is 4.75. The van der Waals surface area contributed by atoms with Crippen molar-refractivity contribution in [1.29, 1.82) is 5.26 Å². The quantitative estimate of drug-likeness (QED) is 0.539. The van der Waals surface area contributed by atoms with Gasteiger partial charge in [-0.05, 0) is 55.0 Å². The minimum atomic E-state index is 0.210. The molecule has 136 valence electrons. The van der Waals surface area contributed by atoms with Gasteiger partial charge < -0.3 is 5.32 Å². The third-order valence-corrected chi connectivity index (χ3v) is 4.55. The summed E-state index contributed by atoms with van der Waals surface area (Å²) in [5, 5.41) is 17.9. The number of anilines is 2. The number of para-hydroxylation sites is 1. The van der Waals surface area contributed by atoms with E-state index in [-0.39, 0.29) is 5.82 Å². The van der Waals surface area contributed by atoms with Crippen molar-refractivity contribution in [1.82, 2.24) is 19.7 Å². The van der Waals surface area contributed by atoms with E-state index in [4.69, 9.17) is 11.6 Å². The van der Waals surface area contributed by atoms with Crippen LogP contribution >= 0.6 is 11.6 Å². The Morgan fingerprint density at radius 3 is 2.57 bits per heavy atom. The lowest BCUT2D eigenvalue weighted by atomic mass is 10.2. The van der Waals surface area contributed by atoms with Crippen molar-refractivity contribution in [3.05, 3.63) is 83.4 Å². The lowest BCUT2D eigenvalue weighted by Crippen LogP contribution is -2.00. The topological polar surface area (TPSA) is 79.4 Å². The maximum Gasteiger partial charge on any atom is 0.236 e. The molecule has 2 aromatic carbocycles. The highest BCUT2D eigenvalue weighted by Gasteiger charge is 2.13. The van der Waals surface area contributed by atoms with Crippen LogP contribution in [0.3, 0.4) is 0 Å². The molecule has 4 aromatic rings. The lowest BCUT2D eigenvalue weighted by molar-refractivity contribution is 0.865. The molecule has 6 nitrogen and oxygen atoms in total. The van der Waals surface area contributed by atoms with Gasteiger partial charge in [-0.2, -0.15) is 10.2 Å². The van der Waals surface area contributed by atoms with E-state index in [1.54, 1.807) is 18.5 Å². The zero-order valence-electron chi connectivity index (χ0n) is 15.0. The highest BCUT2D eigenvalue weighted by Crippen LogP contribution is 2.29. The fourth-order valence-electron chi connectivity index (χ4n) is 2.80. The Balaban J connectivity index is 1.64. The van der Waals surface area contributed by atoms with Crippen LogP contribution in [0.1, 0.15) is 11.4 Å². The van der Waals surface area contributed by atoms with Crippen LogP contribution in [0.2, 0.25) is 5.02 Å². The second-order valence-corrected chi connectivity index (χ2v) is 6.54. The van der Waals surface area contributed by atoms with Crippen LogP contribution < -0.4 is 5.32 Å². The molecule has 0 saturated carbocycles. The zero-order valence-corrected chi connectivity index (χ0v) is 15.7. The fourth-order valence-corrected chi connectivity index (χ4v) is 3.07. The summed E-state index contributed by atoms with van der Waals surface area (Å²) in [6.07, 6.45) is 3.35. The summed E-state index contributed by atoms with van der Waals surface area (Å²) in [7, 11) is 0. The molecule has 0 spiro atoms. The first kappa shape index (κ1) is 17.7. The average molecular weight is 387 g/mol. The number of benzene rings is 2. The molecule has 4 rings (SSSR count). The van der Waals surface area contributed by atoms with Crippen molar-refractivity contribution in [3.8, 4) is 23.1 Å². The Labute approximate surface area is 167 Å². The van der Waals surface area contributed by atoms with Crippen molar-refractivity contribution in [2.75, 3.05) is 5.32 Å². The summed E-state index contributed by atoms with van der Waals surface area (Å²) in [6.45, 7) is 2.00. The molecule has 0 amide bonds. The molecule has 0 aliphatic heterocycles. The largest absolute Gasteiger partial charge is 0.354 e. The molecule has 2 aromatic heterocycles. The molecule has 0 aliphatic carbocycles. The molecule has 0 aliphatic rings. The maximum atomic E-state index is 9.43. The Hall–Kier alpha value is -3.69. The average Bonchev–Trinajstić information content (AvgIpc) is 3.16. The van der Waals surface area contributed by atoms with Crippen LogP contribution in [0.4, 0.5) is 11.4 Å². The zero-order chi connectivity index (χ0) is 19.5. The van der Waals surface area contributed by atoms with Gasteiger partial charge >= 0.3 is 0 Å². The number of aromatic nitrogens is 4. The molecule has 0 atom stereocenters. The summed E-state index contributed by atoms with van der Waals surface area (Å²) in [4.78, 5) is 8.38. The minimum absolute atomic E-state index is 0.210. The van der Waals surface area contributed by atoms with Gasteiger partial charge in [0, 0.05) is 23.6 Å². The summed E-state index contributed by atoms with van der Waals surface area (Å²) in [5.74, 6) is 0.667. The molecular weight excluding hydrogens is 372 g/mol. The normalized spacial score (nSPS) is 10.5.